The Hall–Kier alpha value is -0.770. The highest BCUT2D eigenvalue weighted by Crippen LogP contribution is 2.25. The molecule has 16 heavy (non-hydrogen) atoms. The van der Waals surface area contributed by atoms with Gasteiger partial charge in [-0.25, -0.2) is 0 Å². The Balaban J connectivity index is 1.99. The Morgan fingerprint density at radius 2 is 2.25 bits per heavy atom. The van der Waals surface area contributed by atoms with E-state index in [1.54, 1.807) is 6.07 Å². The third-order valence-corrected chi connectivity index (χ3v) is 3.90. The molecule has 1 aromatic heterocycles. The number of amides is 1. The Morgan fingerprint density at radius 3 is 2.88 bits per heavy atom. The number of rotatable bonds is 2. The van der Waals surface area contributed by atoms with Crippen LogP contribution in [0.3, 0.4) is 0 Å². The van der Waals surface area contributed by atoms with Gasteiger partial charge in [0.05, 0.1) is 11.8 Å². The third kappa shape index (κ3) is 2.48. The lowest BCUT2D eigenvalue weighted by Gasteiger charge is -2.29. The zero-order valence-electron chi connectivity index (χ0n) is 9.33. The molecule has 88 valence electrons. The van der Waals surface area contributed by atoms with Gasteiger partial charge in [-0.15, -0.1) is 0 Å². The number of carbonyl (C=O) groups excluding carboxylic acids is 1. The van der Waals surface area contributed by atoms with Crippen molar-refractivity contribution in [3.05, 3.63) is 22.6 Å². The average Bonchev–Trinajstić information content (AvgIpc) is 2.68. The minimum atomic E-state index is -0.0422. The van der Waals surface area contributed by atoms with Gasteiger partial charge in [0.25, 0.3) is 5.91 Å². The summed E-state index contributed by atoms with van der Waals surface area (Å²) in [5.74, 6) is 0.530. The Labute approximate surface area is 104 Å². The standard InChI is InChI=1S/C12H16BrNO2/c1-8-4-2-3-5-10(8)14-12(15)9-6-7-16-11(9)13/h6-8,10H,2-5H2,1H3,(H,14,15). The summed E-state index contributed by atoms with van der Waals surface area (Å²) >= 11 is 3.22. The van der Waals surface area contributed by atoms with E-state index in [0.717, 1.165) is 6.42 Å². The van der Waals surface area contributed by atoms with Crippen molar-refractivity contribution in [3.63, 3.8) is 0 Å². The second-order valence-electron chi connectivity index (χ2n) is 4.45. The molecule has 1 heterocycles. The van der Waals surface area contributed by atoms with Crippen LogP contribution < -0.4 is 5.32 Å². The van der Waals surface area contributed by atoms with Crippen LogP contribution in [0.5, 0.6) is 0 Å². The molecule has 2 unspecified atom stereocenters. The van der Waals surface area contributed by atoms with Crippen LogP contribution in [-0.2, 0) is 0 Å². The fourth-order valence-electron chi connectivity index (χ4n) is 2.23. The summed E-state index contributed by atoms with van der Waals surface area (Å²) < 4.78 is 5.57. The maximum absolute atomic E-state index is 11.9. The first-order valence-corrected chi connectivity index (χ1v) is 6.51. The number of hydrogen-bond donors (Lipinski definition) is 1. The second kappa shape index (κ2) is 5.04. The minimum absolute atomic E-state index is 0.0422. The van der Waals surface area contributed by atoms with Crippen LogP contribution in [0.15, 0.2) is 21.4 Å². The molecule has 0 bridgehead atoms. The van der Waals surface area contributed by atoms with Crippen LogP contribution in [0.4, 0.5) is 0 Å². The summed E-state index contributed by atoms with van der Waals surface area (Å²) in [5.41, 5.74) is 0.581. The molecule has 1 aromatic rings. The molecule has 0 aromatic carbocycles. The first-order chi connectivity index (χ1) is 7.68. The molecule has 2 atom stereocenters. The van der Waals surface area contributed by atoms with Crippen LogP contribution in [0.25, 0.3) is 0 Å². The highest BCUT2D eigenvalue weighted by Gasteiger charge is 2.24. The smallest absolute Gasteiger partial charge is 0.255 e. The average molecular weight is 286 g/mol. The van der Waals surface area contributed by atoms with Crippen molar-refractivity contribution in [2.24, 2.45) is 5.92 Å². The third-order valence-electron chi connectivity index (χ3n) is 3.29. The molecule has 1 aliphatic rings. The number of halogens is 1. The summed E-state index contributed by atoms with van der Waals surface area (Å²) in [6, 6.07) is 2.00. The van der Waals surface area contributed by atoms with E-state index >= 15 is 0 Å². The van der Waals surface area contributed by atoms with Crippen LogP contribution in [-0.4, -0.2) is 11.9 Å². The Kier molecular flexibility index (Phi) is 3.69. The lowest BCUT2D eigenvalue weighted by atomic mass is 9.86. The lowest BCUT2D eigenvalue weighted by molar-refractivity contribution is 0.0908. The van der Waals surface area contributed by atoms with E-state index in [1.807, 2.05) is 0 Å². The first-order valence-electron chi connectivity index (χ1n) is 5.72. The topological polar surface area (TPSA) is 42.2 Å². The van der Waals surface area contributed by atoms with Gasteiger partial charge in [0.2, 0.25) is 0 Å². The quantitative estimate of drug-likeness (QED) is 0.906. The van der Waals surface area contributed by atoms with Gasteiger partial charge in [-0.1, -0.05) is 19.8 Å². The predicted octanol–water partition coefficient (Wildman–Crippen LogP) is 3.35. The maximum Gasteiger partial charge on any atom is 0.255 e. The molecule has 0 radical (unpaired) electrons. The van der Waals surface area contributed by atoms with Crippen molar-refractivity contribution in [1.29, 1.82) is 0 Å². The predicted molar refractivity (Wildman–Crippen MR) is 65.3 cm³/mol. The SMILES string of the molecule is CC1CCCCC1NC(=O)c1ccoc1Br. The first kappa shape index (κ1) is 11.7. The summed E-state index contributed by atoms with van der Waals surface area (Å²) in [7, 11) is 0. The van der Waals surface area contributed by atoms with Crippen molar-refractivity contribution < 1.29 is 9.21 Å². The van der Waals surface area contributed by atoms with Gasteiger partial charge < -0.3 is 9.73 Å². The van der Waals surface area contributed by atoms with E-state index in [-0.39, 0.29) is 5.91 Å². The van der Waals surface area contributed by atoms with Crippen LogP contribution in [0.1, 0.15) is 43.0 Å². The molecule has 2 rings (SSSR count). The summed E-state index contributed by atoms with van der Waals surface area (Å²) in [4.78, 5) is 11.9. The summed E-state index contributed by atoms with van der Waals surface area (Å²) in [5, 5.41) is 3.08. The highest BCUT2D eigenvalue weighted by molar-refractivity contribution is 9.10. The van der Waals surface area contributed by atoms with Crippen molar-refractivity contribution >= 4 is 21.8 Å². The molecule has 0 aliphatic heterocycles. The zero-order chi connectivity index (χ0) is 11.5. The fourth-order valence-corrected chi connectivity index (χ4v) is 2.65. The molecule has 4 heteroatoms. The molecule has 1 fully saturated rings. The van der Waals surface area contributed by atoms with Gasteiger partial charge in [0, 0.05) is 6.04 Å². The molecule has 0 saturated heterocycles. The van der Waals surface area contributed by atoms with Gasteiger partial charge in [0.1, 0.15) is 0 Å². The molecule has 1 aliphatic carbocycles. The normalized spacial score (nSPS) is 25.4. The van der Waals surface area contributed by atoms with Crippen molar-refractivity contribution in [3.8, 4) is 0 Å². The molecule has 0 spiro atoms. The number of furan rings is 1. The van der Waals surface area contributed by atoms with E-state index in [2.05, 4.69) is 28.2 Å². The van der Waals surface area contributed by atoms with E-state index in [9.17, 15) is 4.79 Å². The van der Waals surface area contributed by atoms with Gasteiger partial charge in [-0.05, 0) is 40.8 Å². The molecular weight excluding hydrogens is 270 g/mol. The number of hydrogen-bond acceptors (Lipinski definition) is 2. The minimum Gasteiger partial charge on any atom is -0.457 e. The highest BCUT2D eigenvalue weighted by atomic mass is 79.9. The van der Waals surface area contributed by atoms with Gasteiger partial charge >= 0.3 is 0 Å². The molecule has 1 saturated carbocycles. The van der Waals surface area contributed by atoms with Crippen molar-refractivity contribution in [2.75, 3.05) is 0 Å². The second-order valence-corrected chi connectivity index (χ2v) is 5.17. The number of carbonyl (C=O) groups is 1. The van der Waals surface area contributed by atoms with Crippen molar-refractivity contribution in [2.45, 2.75) is 38.6 Å². The summed E-state index contributed by atoms with van der Waals surface area (Å²) in [6.45, 7) is 2.20. The van der Waals surface area contributed by atoms with Gasteiger partial charge in [0.15, 0.2) is 4.67 Å². The van der Waals surface area contributed by atoms with E-state index < -0.39 is 0 Å². The molecule has 1 amide bonds. The Bertz CT molecular complexity index is 375. The van der Waals surface area contributed by atoms with E-state index in [1.165, 1.54) is 25.5 Å². The van der Waals surface area contributed by atoms with Crippen LogP contribution in [0, 0.1) is 5.92 Å². The van der Waals surface area contributed by atoms with Gasteiger partial charge in [-0.2, -0.15) is 0 Å². The maximum atomic E-state index is 11.9. The van der Waals surface area contributed by atoms with E-state index in [0.29, 0.717) is 22.2 Å². The van der Waals surface area contributed by atoms with Gasteiger partial charge in [-0.3, -0.25) is 4.79 Å². The molecular formula is C12H16BrNO2. The van der Waals surface area contributed by atoms with Crippen LogP contribution >= 0.6 is 15.9 Å². The van der Waals surface area contributed by atoms with Crippen molar-refractivity contribution in [1.82, 2.24) is 5.32 Å². The molecule has 1 N–H and O–H groups in total. The Morgan fingerprint density at radius 1 is 1.50 bits per heavy atom. The monoisotopic (exact) mass is 285 g/mol. The van der Waals surface area contributed by atoms with Crippen LogP contribution in [0.2, 0.25) is 0 Å². The number of nitrogens with one attached hydrogen (secondary N) is 1. The largest absolute Gasteiger partial charge is 0.457 e. The molecule has 3 nitrogen and oxygen atoms in total. The summed E-state index contributed by atoms with van der Waals surface area (Å²) in [6.07, 6.45) is 6.30. The van der Waals surface area contributed by atoms with E-state index in [4.69, 9.17) is 4.42 Å². The fraction of sp³-hybridized carbons (Fsp3) is 0.583. The zero-order valence-corrected chi connectivity index (χ0v) is 10.9. The lowest BCUT2D eigenvalue weighted by Crippen LogP contribution is -2.41.